The summed E-state index contributed by atoms with van der Waals surface area (Å²) in [6, 6.07) is 9.73. The van der Waals surface area contributed by atoms with E-state index in [0.717, 1.165) is 29.6 Å². The fourth-order valence-electron chi connectivity index (χ4n) is 2.09. The number of amides is 1. The highest BCUT2D eigenvalue weighted by Crippen LogP contribution is 2.23. The maximum atomic E-state index is 12.2. The first-order valence-corrected chi connectivity index (χ1v) is 7.53. The van der Waals surface area contributed by atoms with Crippen molar-refractivity contribution in [3.8, 4) is 0 Å². The van der Waals surface area contributed by atoms with Crippen molar-refractivity contribution < 1.29 is 4.79 Å². The summed E-state index contributed by atoms with van der Waals surface area (Å²) >= 11 is 0. The molecule has 0 unspecified atom stereocenters. The number of benzene rings is 1. The first-order valence-electron chi connectivity index (χ1n) is 7.53. The van der Waals surface area contributed by atoms with Gasteiger partial charge in [0.25, 0.3) is 5.91 Å². The van der Waals surface area contributed by atoms with Gasteiger partial charge >= 0.3 is 0 Å². The van der Waals surface area contributed by atoms with Gasteiger partial charge in [-0.05, 0) is 24.5 Å². The zero-order valence-electron chi connectivity index (χ0n) is 12.9. The third-order valence-electron chi connectivity index (χ3n) is 3.19. The van der Waals surface area contributed by atoms with E-state index in [2.05, 4.69) is 36.4 Å². The minimum Gasteiger partial charge on any atom is -0.384 e. The lowest BCUT2D eigenvalue weighted by molar-refractivity contribution is 0.0944. The van der Waals surface area contributed by atoms with Crippen LogP contribution in [0.3, 0.4) is 0 Å². The Kier molecular flexibility index (Phi) is 5.14. The monoisotopic (exact) mass is 285 g/mol. The highest BCUT2D eigenvalue weighted by atomic mass is 16.1. The summed E-state index contributed by atoms with van der Waals surface area (Å²) in [7, 11) is 0. The van der Waals surface area contributed by atoms with Gasteiger partial charge in [-0.1, -0.05) is 39.0 Å². The lowest BCUT2D eigenvalue weighted by Gasteiger charge is -2.12. The Hall–Kier alpha value is -2.10. The summed E-state index contributed by atoms with van der Waals surface area (Å²) in [4.78, 5) is 16.7. The number of para-hydroxylation sites is 1. The van der Waals surface area contributed by atoms with Gasteiger partial charge in [-0.15, -0.1) is 0 Å². The first kappa shape index (κ1) is 15.3. The van der Waals surface area contributed by atoms with E-state index < -0.39 is 0 Å². The van der Waals surface area contributed by atoms with E-state index in [1.807, 2.05) is 30.3 Å². The largest absolute Gasteiger partial charge is 0.384 e. The molecule has 1 aromatic heterocycles. The van der Waals surface area contributed by atoms with Gasteiger partial charge in [-0.2, -0.15) is 0 Å². The van der Waals surface area contributed by atoms with E-state index in [0.29, 0.717) is 18.2 Å². The summed E-state index contributed by atoms with van der Waals surface area (Å²) in [6.45, 7) is 7.80. The molecule has 21 heavy (non-hydrogen) atoms. The number of aromatic nitrogens is 1. The molecule has 4 nitrogen and oxygen atoms in total. The maximum absolute atomic E-state index is 12.2. The topological polar surface area (TPSA) is 54.0 Å². The van der Waals surface area contributed by atoms with E-state index in [1.165, 1.54) is 0 Å². The Morgan fingerprint density at radius 2 is 2.05 bits per heavy atom. The molecule has 0 fully saturated rings. The highest BCUT2D eigenvalue weighted by molar-refractivity contribution is 5.99. The Balaban J connectivity index is 2.33. The highest BCUT2D eigenvalue weighted by Gasteiger charge is 2.11. The van der Waals surface area contributed by atoms with Gasteiger partial charge in [-0.3, -0.25) is 4.79 Å². The van der Waals surface area contributed by atoms with Gasteiger partial charge in [0.1, 0.15) is 5.69 Å². The van der Waals surface area contributed by atoms with Gasteiger partial charge in [0.15, 0.2) is 0 Å². The van der Waals surface area contributed by atoms with Gasteiger partial charge in [0.05, 0.1) is 5.52 Å². The smallest absolute Gasteiger partial charge is 0.269 e. The summed E-state index contributed by atoms with van der Waals surface area (Å²) in [5.41, 5.74) is 2.28. The standard InChI is InChI=1S/C17H23N3O/c1-4-9-18-15-10-16(17(21)19-11-12(2)3)20-14-8-6-5-7-13(14)15/h5-8,10,12H,4,9,11H2,1-3H3,(H,18,20)(H,19,21). The predicted molar refractivity (Wildman–Crippen MR) is 87.7 cm³/mol. The number of nitrogens with one attached hydrogen (secondary N) is 2. The molecule has 112 valence electrons. The fraction of sp³-hybridized carbons (Fsp3) is 0.412. The molecule has 0 aliphatic rings. The summed E-state index contributed by atoms with van der Waals surface area (Å²) in [5.74, 6) is 0.307. The summed E-state index contributed by atoms with van der Waals surface area (Å²) in [5, 5.41) is 7.34. The number of hydrogen-bond donors (Lipinski definition) is 2. The number of rotatable bonds is 6. The van der Waals surface area contributed by atoms with Crippen LogP contribution in [0.15, 0.2) is 30.3 Å². The van der Waals surface area contributed by atoms with Gasteiger partial charge in [-0.25, -0.2) is 4.98 Å². The predicted octanol–water partition coefficient (Wildman–Crippen LogP) is 3.44. The molecule has 0 spiro atoms. The molecule has 0 aliphatic heterocycles. The molecule has 0 atom stereocenters. The molecule has 1 heterocycles. The molecule has 2 rings (SSSR count). The van der Waals surface area contributed by atoms with Crippen LogP contribution in [0.1, 0.15) is 37.7 Å². The number of nitrogens with zero attached hydrogens (tertiary/aromatic N) is 1. The van der Waals surface area contributed by atoms with E-state index >= 15 is 0 Å². The molecule has 0 saturated heterocycles. The van der Waals surface area contributed by atoms with E-state index in [4.69, 9.17) is 0 Å². The van der Waals surface area contributed by atoms with E-state index in [-0.39, 0.29) is 5.91 Å². The van der Waals surface area contributed by atoms with Crippen LogP contribution < -0.4 is 10.6 Å². The molecule has 4 heteroatoms. The summed E-state index contributed by atoms with van der Waals surface area (Å²) in [6.07, 6.45) is 1.03. The van der Waals surface area contributed by atoms with Crippen LogP contribution in [0, 0.1) is 5.92 Å². The molecule has 2 N–H and O–H groups in total. The van der Waals surface area contributed by atoms with Crippen molar-refractivity contribution in [2.75, 3.05) is 18.4 Å². The Morgan fingerprint density at radius 1 is 1.29 bits per heavy atom. The van der Waals surface area contributed by atoms with Gasteiger partial charge in [0.2, 0.25) is 0 Å². The third kappa shape index (κ3) is 3.94. The fourth-order valence-corrected chi connectivity index (χ4v) is 2.09. The second-order valence-corrected chi connectivity index (χ2v) is 5.60. The quantitative estimate of drug-likeness (QED) is 0.854. The third-order valence-corrected chi connectivity index (χ3v) is 3.19. The first-order chi connectivity index (χ1) is 10.1. The number of pyridine rings is 1. The van der Waals surface area contributed by atoms with Crippen molar-refractivity contribution in [3.63, 3.8) is 0 Å². The van der Waals surface area contributed by atoms with Gasteiger partial charge < -0.3 is 10.6 Å². The molecule has 1 amide bonds. The van der Waals surface area contributed by atoms with Crippen LogP contribution in [0.25, 0.3) is 10.9 Å². The molecule has 0 aliphatic carbocycles. The SMILES string of the molecule is CCCNc1cc(C(=O)NCC(C)C)nc2ccccc12. The molecular weight excluding hydrogens is 262 g/mol. The van der Waals surface area contributed by atoms with Gasteiger partial charge in [0, 0.05) is 24.2 Å². The minimum absolute atomic E-state index is 0.117. The average molecular weight is 285 g/mol. The van der Waals surface area contributed by atoms with Crippen molar-refractivity contribution in [1.29, 1.82) is 0 Å². The average Bonchev–Trinajstić information content (AvgIpc) is 2.49. The maximum Gasteiger partial charge on any atom is 0.269 e. The number of anilines is 1. The number of fused-ring (bicyclic) bond motifs is 1. The van der Waals surface area contributed by atoms with Crippen LogP contribution >= 0.6 is 0 Å². The van der Waals surface area contributed by atoms with Crippen LogP contribution in [-0.2, 0) is 0 Å². The second kappa shape index (κ2) is 7.07. The van der Waals surface area contributed by atoms with Crippen molar-refractivity contribution >= 4 is 22.5 Å². The molecule has 0 saturated carbocycles. The molecule has 2 aromatic rings. The number of carbonyl (C=O) groups excluding carboxylic acids is 1. The van der Waals surface area contributed by atoms with Crippen molar-refractivity contribution in [2.45, 2.75) is 27.2 Å². The zero-order chi connectivity index (χ0) is 15.2. The Morgan fingerprint density at radius 3 is 2.76 bits per heavy atom. The molecular formula is C17H23N3O. The summed E-state index contributed by atoms with van der Waals surface area (Å²) < 4.78 is 0. The molecule has 0 radical (unpaired) electrons. The lowest BCUT2D eigenvalue weighted by Crippen LogP contribution is -2.28. The molecule has 0 bridgehead atoms. The minimum atomic E-state index is -0.117. The molecule has 1 aromatic carbocycles. The van der Waals surface area contributed by atoms with E-state index in [1.54, 1.807) is 0 Å². The lowest BCUT2D eigenvalue weighted by atomic mass is 10.1. The number of hydrogen-bond acceptors (Lipinski definition) is 3. The normalized spacial score (nSPS) is 10.9. The van der Waals surface area contributed by atoms with Crippen molar-refractivity contribution in [3.05, 3.63) is 36.0 Å². The van der Waals surface area contributed by atoms with Crippen molar-refractivity contribution in [2.24, 2.45) is 5.92 Å². The van der Waals surface area contributed by atoms with Crippen LogP contribution in [0.4, 0.5) is 5.69 Å². The van der Waals surface area contributed by atoms with Crippen LogP contribution in [-0.4, -0.2) is 24.0 Å². The zero-order valence-corrected chi connectivity index (χ0v) is 12.9. The van der Waals surface area contributed by atoms with E-state index in [9.17, 15) is 4.79 Å². The van der Waals surface area contributed by atoms with Crippen molar-refractivity contribution in [1.82, 2.24) is 10.3 Å². The number of carbonyl (C=O) groups is 1. The second-order valence-electron chi connectivity index (χ2n) is 5.60. The Labute approximate surface area is 126 Å². The van der Waals surface area contributed by atoms with Crippen LogP contribution in [0.2, 0.25) is 0 Å². The van der Waals surface area contributed by atoms with Crippen LogP contribution in [0.5, 0.6) is 0 Å². The Bertz CT molecular complexity index is 622.